The first-order valence-corrected chi connectivity index (χ1v) is 6.61. The summed E-state index contributed by atoms with van der Waals surface area (Å²) in [6.45, 7) is 0. The molecule has 0 saturated heterocycles. The molecule has 4 aromatic carbocycles. The van der Waals surface area contributed by atoms with Crippen LogP contribution >= 0.6 is 0 Å². The Balaban J connectivity index is 2.24. The third-order valence-corrected chi connectivity index (χ3v) is 3.95. The number of hydrogen-bond acceptors (Lipinski definition) is 2. The molecule has 4 rings (SSSR count). The Morgan fingerprint density at radius 1 is 0.550 bits per heavy atom. The Hall–Kier alpha value is -2.48. The monoisotopic (exact) mass is 262 g/mol. The normalized spacial score (nSPS) is 11.5. The Morgan fingerprint density at radius 3 is 1.10 bits per heavy atom. The minimum atomic E-state index is 0.897. The summed E-state index contributed by atoms with van der Waals surface area (Å²) in [6, 6.07) is 16.9. The fourth-order valence-electron chi connectivity index (χ4n) is 3.02. The van der Waals surface area contributed by atoms with Crippen molar-refractivity contribution in [3.05, 3.63) is 48.5 Å². The average Bonchev–Trinajstić information content (AvgIpc) is 2.51. The van der Waals surface area contributed by atoms with E-state index in [1.54, 1.807) is 14.2 Å². The molecular weight excluding hydrogens is 248 g/mol. The predicted molar refractivity (Wildman–Crippen MR) is 83.3 cm³/mol. The van der Waals surface area contributed by atoms with E-state index in [1.165, 1.54) is 32.3 Å². The maximum Gasteiger partial charge on any atom is 0.120 e. The van der Waals surface area contributed by atoms with Gasteiger partial charge in [-0.05, 0) is 56.6 Å². The first kappa shape index (κ1) is 11.4. The van der Waals surface area contributed by atoms with E-state index in [0.29, 0.717) is 0 Å². The summed E-state index contributed by atoms with van der Waals surface area (Å²) in [5.41, 5.74) is 0. The second-order valence-electron chi connectivity index (χ2n) is 5.03. The van der Waals surface area contributed by atoms with E-state index in [9.17, 15) is 0 Å². The van der Waals surface area contributed by atoms with Gasteiger partial charge in [0.25, 0.3) is 0 Å². The zero-order valence-electron chi connectivity index (χ0n) is 11.4. The van der Waals surface area contributed by atoms with E-state index in [2.05, 4.69) is 48.5 Å². The molecule has 0 N–H and O–H groups in total. The summed E-state index contributed by atoms with van der Waals surface area (Å²) in [7, 11) is 3.41. The van der Waals surface area contributed by atoms with Crippen molar-refractivity contribution >= 4 is 32.3 Å². The van der Waals surface area contributed by atoms with Crippen LogP contribution in [0, 0.1) is 0 Å². The lowest BCUT2D eigenvalue weighted by atomic mass is 9.94. The van der Waals surface area contributed by atoms with Gasteiger partial charge in [0.15, 0.2) is 0 Å². The molecule has 0 spiro atoms. The first-order chi connectivity index (χ1) is 9.80. The summed E-state index contributed by atoms with van der Waals surface area (Å²) in [5, 5.41) is 7.43. The molecule has 0 aliphatic rings. The van der Waals surface area contributed by atoms with Crippen molar-refractivity contribution in [2.24, 2.45) is 0 Å². The van der Waals surface area contributed by atoms with Crippen molar-refractivity contribution in [1.82, 2.24) is 0 Å². The van der Waals surface area contributed by atoms with Crippen LogP contribution in [0.15, 0.2) is 48.5 Å². The van der Waals surface area contributed by atoms with E-state index in [0.717, 1.165) is 11.5 Å². The van der Waals surface area contributed by atoms with E-state index in [-0.39, 0.29) is 0 Å². The molecule has 0 saturated carbocycles. The Bertz CT molecular complexity index is 781. The van der Waals surface area contributed by atoms with Crippen LogP contribution in [0.25, 0.3) is 32.3 Å². The molecule has 0 heterocycles. The van der Waals surface area contributed by atoms with Gasteiger partial charge in [0, 0.05) is 0 Å². The average molecular weight is 262 g/mol. The highest BCUT2D eigenvalue weighted by atomic mass is 16.5. The summed E-state index contributed by atoms with van der Waals surface area (Å²) in [6.07, 6.45) is 0. The van der Waals surface area contributed by atoms with Crippen molar-refractivity contribution in [1.29, 1.82) is 0 Å². The van der Waals surface area contributed by atoms with Gasteiger partial charge in [-0.2, -0.15) is 0 Å². The molecule has 0 unspecified atom stereocenters. The highest BCUT2D eigenvalue weighted by Gasteiger charge is 2.10. The summed E-state index contributed by atoms with van der Waals surface area (Å²) in [5.74, 6) is 1.79. The fourth-order valence-corrected chi connectivity index (χ4v) is 3.02. The van der Waals surface area contributed by atoms with Crippen LogP contribution in [-0.2, 0) is 0 Å². The lowest BCUT2D eigenvalue weighted by Gasteiger charge is -2.13. The molecule has 0 aliphatic carbocycles. The summed E-state index contributed by atoms with van der Waals surface area (Å²) < 4.78 is 10.8. The number of methoxy groups -OCH3 is 2. The van der Waals surface area contributed by atoms with Crippen LogP contribution in [0.1, 0.15) is 0 Å². The van der Waals surface area contributed by atoms with E-state index in [4.69, 9.17) is 9.47 Å². The Kier molecular flexibility index (Phi) is 2.27. The smallest absolute Gasteiger partial charge is 0.120 e. The Morgan fingerprint density at radius 2 is 0.850 bits per heavy atom. The van der Waals surface area contributed by atoms with Crippen LogP contribution in [0.2, 0.25) is 0 Å². The number of benzene rings is 4. The largest absolute Gasteiger partial charge is 0.497 e. The highest BCUT2D eigenvalue weighted by molar-refractivity contribution is 6.23. The number of ether oxygens (including phenoxy) is 2. The van der Waals surface area contributed by atoms with Gasteiger partial charge in [-0.15, -0.1) is 0 Å². The van der Waals surface area contributed by atoms with Gasteiger partial charge in [0.1, 0.15) is 11.5 Å². The lowest BCUT2D eigenvalue weighted by Crippen LogP contribution is -1.89. The van der Waals surface area contributed by atoms with Crippen molar-refractivity contribution in [2.75, 3.05) is 14.2 Å². The van der Waals surface area contributed by atoms with Gasteiger partial charge < -0.3 is 9.47 Å². The molecule has 0 amide bonds. The van der Waals surface area contributed by atoms with Crippen LogP contribution in [0.5, 0.6) is 11.5 Å². The maximum absolute atomic E-state index is 5.38. The summed E-state index contributed by atoms with van der Waals surface area (Å²) in [4.78, 5) is 0. The van der Waals surface area contributed by atoms with E-state index >= 15 is 0 Å². The third-order valence-electron chi connectivity index (χ3n) is 3.95. The molecular formula is C18H14O2. The van der Waals surface area contributed by atoms with E-state index < -0.39 is 0 Å². The molecule has 0 fully saturated rings. The van der Waals surface area contributed by atoms with Crippen LogP contribution in [-0.4, -0.2) is 14.2 Å². The van der Waals surface area contributed by atoms with Gasteiger partial charge in [-0.3, -0.25) is 0 Å². The minimum Gasteiger partial charge on any atom is -0.497 e. The van der Waals surface area contributed by atoms with Gasteiger partial charge in [0.2, 0.25) is 0 Å². The molecule has 0 radical (unpaired) electrons. The summed E-state index contributed by atoms with van der Waals surface area (Å²) >= 11 is 0. The predicted octanol–water partition coefficient (Wildman–Crippen LogP) is 4.60. The van der Waals surface area contributed by atoms with Crippen molar-refractivity contribution in [3.63, 3.8) is 0 Å². The zero-order chi connectivity index (χ0) is 13.7. The van der Waals surface area contributed by atoms with Crippen molar-refractivity contribution in [2.45, 2.75) is 0 Å². The van der Waals surface area contributed by atoms with Crippen molar-refractivity contribution < 1.29 is 9.47 Å². The van der Waals surface area contributed by atoms with E-state index in [1.807, 2.05) is 0 Å². The topological polar surface area (TPSA) is 18.5 Å². The number of hydrogen-bond donors (Lipinski definition) is 0. The van der Waals surface area contributed by atoms with Crippen LogP contribution in [0.4, 0.5) is 0 Å². The molecule has 0 aliphatic heterocycles. The third kappa shape index (κ3) is 1.45. The van der Waals surface area contributed by atoms with Gasteiger partial charge >= 0.3 is 0 Å². The van der Waals surface area contributed by atoms with Crippen LogP contribution < -0.4 is 9.47 Å². The quantitative estimate of drug-likeness (QED) is 0.491. The highest BCUT2D eigenvalue weighted by Crippen LogP contribution is 2.38. The fraction of sp³-hybridized carbons (Fsp3) is 0.111. The molecule has 0 atom stereocenters. The molecule has 0 bridgehead atoms. The van der Waals surface area contributed by atoms with Crippen molar-refractivity contribution in [3.8, 4) is 11.5 Å². The molecule has 2 heteroatoms. The van der Waals surface area contributed by atoms with Crippen LogP contribution in [0.3, 0.4) is 0 Å². The van der Waals surface area contributed by atoms with Gasteiger partial charge in [0.05, 0.1) is 14.2 Å². The standard InChI is InChI=1S/C18H14O2/c1-19-15-7-11-3-5-13-9-16(20-2)10-14-6-4-12(8-15)17(11)18(13)14/h3-10H,1-2H3. The lowest BCUT2D eigenvalue weighted by molar-refractivity contribution is 0.415. The molecule has 20 heavy (non-hydrogen) atoms. The number of rotatable bonds is 2. The SMILES string of the molecule is COc1cc2ccc3cc(OC)cc4ccc(c1)c2c34. The second kappa shape index (κ2) is 4.01. The molecule has 98 valence electrons. The van der Waals surface area contributed by atoms with Gasteiger partial charge in [-0.1, -0.05) is 24.3 Å². The molecule has 4 aromatic rings. The second-order valence-corrected chi connectivity index (χ2v) is 5.03. The zero-order valence-corrected chi connectivity index (χ0v) is 11.4. The van der Waals surface area contributed by atoms with Gasteiger partial charge in [-0.25, -0.2) is 0 Å². The maximum atomic E-state index is 5.38. The molecule has 2 nitrogen and oxygen atoms in total. The minimum absolute atomic E-state index is 0.897. The first-order valence-electron chi connectivity index (χ1n) is 6.61. The molecule has 0 aromatic heterocycles. The Labute approximate surface area is 116 Å².